The standard InChI is InChI=1S/C26H31N3/c1-4-17(2)19-12-14-25-23(16-19)22(8-5-6-15-27)26(29-25)21-9-7-10-24-20(21)13-11-18(3)28-24/h7,9-14,16-17,29H,4-6,8,15,27H2,1-3H3. The highest BCUT2D eigenvalue weighted by Crippen LogP contribution is 2.36. The number of pyridine rings is 1. The van der Waals surface area contributed by atoms with Gasteiger partial charge in [-0.25, -0.2) is 0 Å². The van der Waals surface area contributed by atoms with Crippen LogP contribution < -0.4 is 5.73 Å². The van der Waals surface area contributed by atoms with E-state index < -0.39 is 0 Å². The Morgan fingerprint density at radius 2 is 1.90 bits per heavy atom. The summed E-state index contributed by atoms with van der Waals surface area (Å²) in [6.45, 7) is 7.35. The smallest absolute Gasteiger partial charge is 0.0711 e. The fraction of sp³-hybridized carbons (Fsp3) is 0.346. The van der Waals surface area contributed by atoms with Crippen molar-refractivity contribution in [3.8, 4) is 11.3 Å². The number of hydrogen-bond donors (Lipinski definition) is 2. The van der Waals surface area contributed by atoms with Crippen LogP contribution in [0.2, 0.25) is 0 Å². The Labute approximate surface area is 173 Å². The van der Waals surface area contributed by atoms with Crippen molar-refractivity contribution >= 4 is 21.8 Å². The maximum Gasteiger partial charge on any atom is 0.0711 e. The van der Waals surface area contributed by atoms with Gasteiger partial charge in [-0.3, -0.25) is 4.98 Å². The van der Waals surface area contributed by atoms with Crippen molar-refractivity contribution in [3.63, 3.8) is 0 Å². The molecule has 0 saturated carbocycles. The van der Waals surface area contributed by atoms with Crippen LogP contribution in [0.4, 0.5) is 0 Å². The first-order valence-electron chi connectivity index (χ1n) is 10.8. The number of rotatable bonds is 7. The molecule has 0 aliphatic carbocycles. The summed E-state index contributed by atoms with van der Waals surface area (Å²) in [6.07, 6.45) is 4.34. The van der Waals surface area contributed by atoms with E-state index in [1.807, 2.05) is 6.92 Å². The van der Waals surface area contributed by atoms with Crippen molar-refractivity contribution in [2.75, 3.05) is 6.54 Å². The van der Waals surface area contributed by atoms with Crippen molar-refractivity contribution in [3.05, 3.63) is 65.4 Å². The number of H-pyrrole nitrogens is 1. The average molecular weight is 386 g/mol. The molecule has 150 valence electrons. The number of nitrogens with two attached hydrogens (primary N) is 1. The van der Waals surface area contributed by atoms with Crippen LogP contribution >= 0.6 is 0 Å². The van der Waals surface area contributed by atoms with E-state index in [1.165, 1.54) is 38.7 Å². The van der Waals surface area contributed by atoms with Gasteiger partial charge in [-0.05, 0) is 80.5 Å². The Bertz CT molecular complexity index is 1140. The van der Waals surface area contributed by atoms with E-state index in [2.05, 4.69) is 67.4 Å². The first-order chi connectivity index (χ1) is 14.1. The molecule has 2 aromatic carbocycles. The topological polar surface area (TPSA) is 54.7 Å². The van der Waals surface area contributed by atoms with Gasteiger partial charge in [-0.15, -0.1) is 0 Å². The zero-order chi connectivity index (χ0) is 20.4. The van der Waals surface area contributed by atoms with Gasteiger partial charge in [0.05, 0.1) is 11.2 Å². The fourth-order valence-electron chi connectivity index (χ4n) is 4.22. The summed E-state index contributed by atoms with van der Waals surface area (Å²) in [4.78, 5) is 8.48. The molecule has 0 aliphatic rings. The first-order valence-corrected chi connectivity index (χ1v) is 10.8. The van der Waals surface area contributed by atoms with Crippen molar-refractivity contribution in [2.24, 2.45) is 5.73 Å². The summed E-state index contributed by atoms with van der Waals surface area (Å²) in [5.41, 5.74) is 14.4. The van der Waals surface area contributed by atoms with E-state index in [1.54, 1.807) is 0 Å². The quantitative estimate of drug-likeness (QED) is 0.357. The Balaban J connectivity index is 1.92. The summed E-state index contributed by atoms with van der Waals surface area (Å²) in [5, 5.41) is 2.55. The Morgan fingerprint density at radius 3 is 2.69 bits per heavy atom. The second-order valence-corrected chi connectivity index (χ2v) is 8.16. The van der Waals surface area contributed by atoms with Crippen LogP contribution in [0.25, 0.3) is 33.1 Å². The monoisotopic (exact) mass is 385 g/mol. The van der Waals surface area contributed by atoms with Gasteiger partial charge in [-0.2, -0.15) is 0 Å². The Morgan fingerprint density at radius 1 is 1.03 bits per heavy atom. The molecule has 1 unspecified atom stereocenters. The zero-order valence-corrected chi connectivity index (χ0v) is 17.8. The highest BCUT2D eigenvalue weighted by Gasteiger charge is 2.16. The molecular formula is C26H31N3. The molecule has 3 nitrogen and oxygen atoms in total. The Kier molecular flexibility index (Phi) is 5.68. The van der Waals surface area contributed by atoms with Gasteiger partial charge in [0.2, 0.25) is 0 Å². The van der Waals surface area contributed by atoms with E-state index in [0.717, 1.165) is 43.4 Å². The van der Waals surface area contributed by atoms with Crippen LogP contribution in [-0.4, -0.2) is 16.5 Å². The van der Waals surface area contributed by atoms with Gasteiger partial charge in [-0.1, -0.05) is 38.1 Å². The fourth-order valence-corrected chi connectivity index (χ4v) is 4.22. The third-order valence-electron chi connectivity index (χ3n) is 6.13. The number of nitrogens with zero attached hydrogens (tertiary/aromatic N) is 1. The summed E-state index contributed by atoms with van der Waals surface area (Å²) >= 11 is 0. The van der Waals surface area contributed by atoms with Crippen molar-refractivity contribution in [2.45, 2.75) is 52.4 Å². The summed E-state index contributed by atoms with van der Waals surface area (Å²) in [7, 11) is 0. The summed E-state index contributed by atoms with van der Waals surface area (Å²) in [5.74, 6) is 0.569. The van der Waals surface area contributed by atoms with Crippen LogP contribution in [0, 0.1) is 6.92 Å². The van der Waals surface area contributed by atoms with Gasteiger partial charge in [0.1, 0.15) is 0 Å². The minimum absolute atomic E-state index is 0.569. The average Bonchev–Trinajstić information content (AvgIpc) is 3.10. The highest BCUT2D eigenvalue weighted by molar-refractivity contribution is 5.99. The third-order valence-corrected chi connectivity index (χ3v) is 6.13. The molecule has 29 heavy (non-hydrogen) atoms. The number of aryl methyl sites for hydroxylation is 2. The maximum absolute atomic E-state index is 5.78. The number of hydrogen-bond acceptors (Lipinski definition) is 2. The number of unbranched alkanes of at least 4 members (excludes halogenated alkanes) is 1. The highest BCUT2D eigenvalue weighted by atomic mass is 14.7. The lowest BCUT2D eigenvalue weighted by Gasteiger charge is -2.10. The molecule has 3 N–H and O–H groups in total. The molecule has 0 aliphatic heterocycles. The lowest BCUT2D eigenvalue weighted by atomic mass is 9.94. The van der Waals surface area contributed by atoms with Crippen LogP contribution in [0.5, 0.6) is 0 Å². The summed E-state index contributed by atoms with van der Waals surface area (Å²) < 4.78 is 0. The minimum atomic E-state index is 0.569. The molecule has 4 rings (SSSR count). The molecule has 4 aromatic rings. The number of benzene rings is 2. The van der Waals surface area contributed by atoms with Gasteiger partial charge in [0.25, 0.3) is 0 Å². The van der Waals surface area contributed by atoms with E-state index in [0.29, 0.717) is 5.92 Å². The van der Waals surface area contributed by atoms with Crippen LogP contribution in [0.3, 0.4) is 0 Å². The largest absolute Gasteiger partial charge is 0.354 e. The van der Waals surface area contributed by atoms with Crippen molar-refractivity contribution in [1.29, 1.82) is 0 Å². The predicted octanol–water partition coefficient (Wildman–Crippen LogP) is 6.49. The van der Waals surface area contributed by atoms with Gasteiger partial charge in [0.15, 0.2) is 0 Å². The molecule has 0 fully saturated rings. The molecule has 0 amide bonds. The first kappa shape index (κ1) is 19.7. The molecular weight excluding hydrogens is 354 g/mol. The number of aromatic amines is 1. The molecule has 2 heterocycles. The Hall–Kier alpha value is -2.65. The van der Waals surface area contributed by atoms with Crippen molar-refractivity contribution in [1.82, 2.24) is 9.97 Å². The minimum Gasteiger partial charge on any atom is -0.354 e. The normalized spacial score (nSPS) is 12.7. The SMILES string of the molecule is CCC(C)c1ccc2[nH]c(-c3cccc4nc(C)ccc34)c(CCCCN)c2c1. The molecule has 0 spiro atoms. The zero-order valence-electron chi connectivity index (χ0n) is 17.8. The van der Waals surface area contributed by atoms with E-state index in [9.17, 15) is 0 Å². The van der Waals surface area contributed by atoms with Crippen molar-refractivity contribution < 1.29 is 0 Å². The molecule has 3 heteroatoms. The second-order valence-electron chi connectivity index (χ2n) is 8.16. The molecule has 1 atom stereocenters. The van der Waals surface area contributed by atoms with Gasteiger partial charge >= 0.3 is 0 Å². The lowest BCUT2D eigenvalue weighted by molar-refractivity contribution is 0.734. The second kappa shape index (κ2) is 8.38. The number of aromatic nitrogens is 2. The molecule has 0 bridgehead atoms. The van der Waals surface area contributed by atoms with E-state index >= 15 is 0 Å². The summed E-state index contributed by atoms with van der Waals surface area (Å²) in [6, 6.07) is 17.7. The molecule has 0 saturated heterocycles. The number of nitrogens with one attached hydrogen (secondary N) is 1. The molecule has 0 radical (unpaired) electrons. The van der Waals surface area contributed by atoms with Crippen LogP contribution in [-0.2, 0) is 6.42 Å². The number of fused-ring (bicyclic) bond motifs is 2. The van der Waals surface area contributed by atoms with Gasteiger partial charge in [0, 0.05) is 27.5 Å². The van der Waals surface area contributed by atoms with E-state index in [-0.39, 0.29) is 0 Å². The van der Waals surface area contributed by atoms with Gasteiger partial charge < -0.3 is 10.7 Å². The van der Waals surface area contributed by atoms with E-state index in [4.69, 9.17) is 10.7 Å². The van der Waals surface area contributed by atoms with Crippen LogP contribution in [0.15, 0.2) is 48.5 Å². The third kappa shape index (κ3) is 3.79. The predicted molar refractivity (Wildman–Crippen MR) is 124 cm³/mol. The van der Waals surface area contributed by atoms with Crippen LogP contribution in [0.1, 0.15) is 55.8 Å². The maximum atomic E-state index is 5.78. The molecule has 2 aromatic heterocycles. The lowest BCUT2D eigenvalue weighted by Crippen LogP contribution is -1.99.